The van der Waals surface area contributed by atoms with Crippen molar-refractivity contribution in [2.75, 3.05) is 0 Å². The van der Waals surface area contributed by atoms with Gasteiger partial charge in [0.1, 0.15) is 6.10 Å². The van der Waals surface area contributed by atoms with Gasteiger partial charge in [-0.25, -0.2) is 0 Å². The number of esters is 2. The third kappa shape index (κ3) is 3.13. The fraction of sp³-hybridized carbons (Fsp3) is 0.750. The van der Waals surface area contributed by atoms with Crippen LogP contribution in [0.15, 0.2) is 23.3 Å². The van der Waals surface area contributed by atoms with Gasteiger partial charge in [0.05, 0.1) is 17.4 Å². The summed E-state index contributed by atoms with van der Waals surface area (Å²) in [5, 5.41) is 12.6. The summed E-state index contributed by atoms with van der Waals surface area (Å²) in [6.45, 7) is 16.9. The second kappa shape index (κ2) is 7.78. The predicted molar refractivity (Wildman–Crippen MR) is 127 cm³/mol. The van der Waals surface area contributed by atoms with Crippen LogP contribution in [0.25, 0.3) is 0 Å². The largest absolute Gasteiger partial charge is 0.457 e. The molecular formula is C28H40O6. The van der Waals surface area contributed by atoms with Gasteiger partial charge < -0.3 is 14.6 Å². The van der Waals surface area contributed by atoms with Crippen LogP contribution in [0.3, 0.4) is 0 Å². The molecule has 0 aromatic rings. The maximum absolute atomic E-state index is 13.1. The molecule has 4 aliphatic rings. The highest BCUT2D eigenvalue weighted by Crippen LogP contribution is 2.77. The number of carbonyl (C=O) groups excluding carboxylic acids is 3. The highest BCUT2D eigenvalue weighted by atomic mass is 16.6. The zero-order valence-corrected chi connectivity index (χ0v) is 22.0. The molecule has 6 heteroatoms. The molecule has 2 saturated carbocycles. The van der Waals surface area contributed by atoms with Crippen molar-refractivity contribution in [2.24, 2.45) is 46.8 Å². The van der Waals surface area contributed by atoms with Crippen LogP contribution in [-0.4, -0.2) is 40.1 Å². The molecule has 0 radical (unpaired) electrons. The lowest BCUT2D eigenvalue weighted by Crippen LogP contribution is -2.64. The van der Waals surface area contributed by atoms with Crippen molar-refractivity contribution in [3.63, 3.8) is 0 Å². The summed E-state index contributed by atoms with van der Waals surface area (Å²) < 4.78 is 12.4. The van der Waals surface area contributed by atoms with Crippen LogP contribution in [0.1, 0.15) is 68.7 Å². The minimum atomic E-state index is -1.32. The van der Waals surface area contributed by atoms with E-state index in [1.807, 2.05) is 40.7 Å². The van der Waals surface area contributed by atoms with Gasteiger partial charge in [-0.15, -0.1) is 0 Å². The van der Waals surface area contributed by atoms with Gasteiger partial charge in [-0.1, -0.05) is 66.2 Å². The summed E-state index contributed by atoms with van der Waals surface area (Å²) in [5.74, 6) is -3.19. The third-order valence-corrected chi connectivity index (χ3v) is 9.25. The van der Waals surface area contributed by atoms with Crippen molar-refractivity contribution in [1.82, 2.24) is 0 Å². The Morgan fingerprint density at radius 1 is 1.03 bits per heavy atom. The van der Waals surface area contributed by atoms with E-state index < -0.39 is 28.6 Å². The average Bonchev–Trinajstić information content (AvgIpc) is 3.13. The predicted octanol–water partition coefficient (Wildman–Crippen LogP) is 4.26. The summed E-state index contributed by atoms with van der Waals surface area (Å²) in [4.78, 5) is 38.9. The summed E-state index contributed by atoms with van der Waals surface area (Å²) in [7, 11) is 0. The van der Waals surface area contributed by atoms with Gasteiger partial charge in [0.25, 0.3) is 0 Å². The molecule has 0 amide bonds. The van der Waals surface area contributed by atoms with E-state index in [1.165, 1.54) is 0 Å². The molecule has 0 bridgehead atoms. The molecular weight excluding hydrogens is 432 g/mol. The smallest absolute Gasteiger partial charge is 0.309 e. The monoisotopic (exact) mass is 472 g/mol. The normalized spacial score (nSPS) is 42.2. The van der Waals surface area contributed by atoms with Gasteiger partial charge in [-0.05, 0) is 25.8 Å². The molecule has 0 aliphatic heterocycles. The van der Waals surface area contributed by atoms with Crippen LogP contribution in [0, 0.1) is 46.8 Å². The van der Waals surface area contributed by atoms with Gasteiger partial charge >= 0.3 is 11.9 Å². The van der Waals surface area contributed by atoms with E-state index in [-0.39, 0.29) is 53.2 Å². The topological polar surface area (TPSA) is 89.9 Å². The first-order chi connectivity index (χ1) is 15.6. The first kappa shape index (κ1) is 25.2. The third-order valence-electron chi connectivity index (χ3n) is 9.25. The molecule has 4 rings (SSSR count). The Hall–Kier alpha value is -1.95. The first-order valence-corrected chi connectivity index (χ1v) is 12.7. The Labute approximate surface area is 203 Å². The summed E-state index contributed by atoms with van der Waals surface area (Å²) in [5.41, 5.74) is -1.14. The van der Waals surface area contributed by atoms with Crippen LogP contribution in [0.5, 0.6) is 0 Å². The van der Waals surface area contributed by atoms with E-state index in [2.05, 4.69) is 6.08 Å². The Morgan fingerprint density at radius 3 is 2.18 bits per heavy atom. The zero-order valence-electron chi connectivity index (χ0n) is 22.0. The SMILES string of the molecule is CC1=C[C@H]2[C@@H]3C(C)(C)[C@]3(OC(=O)C(C)C)[C@H](OC(=O)C(C)C)[C@@H](C)[C@]2(O)[C@@H]2C=C(C)C(=O)[C@H]2C1. The van der Waals surface area contributed by atoms with Crippen LogP contribution < -0.4 is 0 Å². The molecule has 0 aromatic carbocycles. The fourth-order valence-corrected chi connectivity index (χ4v) is 7.30. The number of ether oxygens (including phenoxy) is 2. The number of hydrogen-bond acceptors (Lipinski definition) is 6. The molecule has 6 nitrogen and oxygen atoms in total. The molecule has 4 aliphatic carbocycles. The van der Waals surface area contributed by atoms with Gasteiger partial charge in [-0.3, -0.25) is 14.4 Å². The Balaban J connectivity index is 1.90. The van der Waals surface area contributed by atoms with Crippen LogP contribution >= 0.6 is 0 Å². The zero-order chi connectivity index (χ0) is 25.5. The van der Waals surface area contributed by atoms with Crippen molar-refractivity contribution in [3.05, 3.63) is 23.3 Å². The Morgan fingerprint density at radius 2 is 1.62 bits per heavy atom. The Bertz CT molecular complexity index is 987. The van der Waals surface area contributed by atoms with Gasteiger partial charge in [0.2, 0.25) is 0 Å². The van der Waals surface area contributed by atoms with E-state index in [9.17, 15) is 19.5 Å². The number of fused-ring (bicyclic) bond motifs is 5. The van der Waals surface area contributed by atoms with Gasteiger partial charge in [0, 0.05) is 35.0 Å². The lowest BCUT2D eigenvalue weighted by Gasteiger charge is -2.52. The average molecular weight is 473 g/mol. The van der Waals surface area contributed by atoms with Gasteiger partial charge in [0.15, 0.2) is 11.4 Å². The minimum Gasteiger partial charge on any atom is -0.457 e. The summed E-state index contributed by atoms with van der Waals surface area (Å²) in [6, 6.07) is 0. The van der Waals surface area contributed by atoms with Crippen molar-refractivity contribution in [3.8, 4) is 0 Å². The molecule has 8 atom stereocenters. The van der Waals surface area contributed by atoms with E-state index in [1.54, 1.807) is 27.7 Å². The second-order valence-corrected chi connectivity index (χ2v) is 12.3. The maximum atomic E-state index is 13.1. The van der Waals surface area contributed by atoms with Crippen molar-refractivity contribution < 1.29 is 29.0 Å². The lowest BCUT2D eigenvalue weighted by molar-refractivity contribution is -0.223. The molecule has 0 spiro atoms. The number of aliphatic hydroxyl groups is 1. The van der Waals surface area contributed by atoms with Crippen LogP contribution in [0.4, 0.5) is 0 Å². The minimum absolute atomic E-state index is 0.0767. The highest BCUT2D eigenvalue weighted by molar-refractivity contribution is 5.99. The number of carbonyl (C=O) groups is 3. The summed E-state index contributed by atoms with van der Waals surface area (Å²) in [6.07, 6.45) is 3.80. The molecule has 0 aromatic heterocycles. The fourth-order valence-electron chi connectivity index (χ4n) is 7.30. The first-order valence-electron chi connectivity index (χ1n) is 12.7. The molecule has 0 saturated heterocycles. The van der Waals surface area contributed by atoms with E-state index in [0.717, 1.165) is 5.57 Å². The van der Waals surface area contributed by atoms with Crippen LogP contribution in [0.2, 0.25) is 0 Å². The molecule has 2 fully saturated rings. The second-order valence-electron chi connectivity index (χ2n) is 12.3. The molecule has 34 heavy (non-hydrogen) atoms. The van der Waals surface area contributed by atoms with Crippen molar-refractivity contribution in [1.29, 1.82) is 0 Å². The number of Topliss-reactive ketones (excluding diaryl/α,β-unsaturated/α-hetero) is 1. The standard InChI is InChI=1S/C28H40O6/c1-13(2)24(30)33-23-17(7)27(32)19-12-16(6)21(29)18(19)10-15(5)11-20(27)22-26(8,9)28(22,23)34-25(31)14(3)4/h11-14,17-20,22-23,32H,10H2,1-9H3/t17-,18+,19-,20+,22-,23-,27+,28-/m1/s1. The summed E-state index contributed by atoms with van der Waals surface area (Å²) >= 11 is 0. The van der Waals surface area contributed by atoms with E-state index in [0.29, 0.717) is 12.0 Å². The van der Waals surface area contributed by atoms with Crippen LogP contribution in [-0.2, 0) is 23.9 Å². The number of hydrogen-bond donors (Lipinski definition) is 1. The quantitative estimate of drug-likeness (QED) is 0.486. The van der Waals surface area contributed by atoms with E-state index >= 15 is 0 Å². The highest BCUT2D eigenvalue weighted by Gasteiger charge is 2.87. The number of rotatable bonds is 4. The molecule has 0 heterocycles. The Kier molecular flexibility index (Phi) is 5.75. The van der Waals surface area contributed by atoms with Crippen molar-refractivity contribution in [2.45, 2.75) is 86.0 Å². The molecule has 188 valence electrons. The molecule has 1 N–H and O–H groups in total. The van der Waals surface area contributed by atoms with E-state index in [4.69, 9.17) is 9.47 Å². The number of allylic oxidation sites excluding steroid dienone is 2. The van der Waals surface area contributed by atoms with Gasteiger partial charge in [-0.2, -0.15) is 0 Å². The number of ketones is 1. The molecule has 0 unspecified atom stereocenters. The lowest BCUT2D eigenvalue weighted by atomic mass is 9.59. The van der Waals surface area contributed by atoms with Crippen molar-refractivity contribution >= 4 is 17.7 Å². The maximum Gasteiger partial charge on any atom is 0.309 e.